The van der Waals surface area contributed by atoms with Crippen LogP contribution in [-0.2, 0) is 34.7 Å². The van der Waals surface area contributed by atoms with Crippen LogP contribution in [0.1, 0.15) is 46.6 Å². The fourth-order valence-electron chi connectivity index (χ4n) is 8.40. The SMILES string of the molecule is CC1(C)O[C@@H]2[C@H]3C[C@@]4(O)[C@H](O)[C@@H](CO[Si](C)(C)C(C)(C)C)[C@]2(O1)[C@H]4[C@@H](COCc1ccccc1)[C@@H]3COCOCC[Si](C)(C)C. The zero-order chi connectivity index (χ0) is 33.1. The van der Waals surface area contributed by atoms with Crippen molar-refractivity contribution in [2.75, 3.05) is 33.2 Å². The second-order valence-electron chi connectivity index (χ2n) is 17.4. The molecule has 2 N–H and O–H groups in total. The van der Waals surface area contributed by atoms with E-state index < -0.39 is 51.3 Å². The van der Waals surface area contributed by atoms with Gasteiger partial charge in [0.15, 0.2) is 14.1 Å². The fourth-order valence-corrected chi connectivity index (χ4v) is 10.2. The molecule has 1 heterocycles. The molecule has 256 valence electrons. The largest absolute Gasteiger partial charge is 0.416 e. The van der Waals surface area contributed by atoms with Gasteiger partial charge in [0.25, 0.3) is 0 Å². The van der Waals surface area contributed by atoms with Gasteiger partial charge in [-0.2, -0.15) is 0 Å². The van der Waals surface area contributed by atoms with Crippen LogP contribution in [0.5, 0.6) is 0 Å². The summed E-state index contributed by atoms with van der Waals surface area (Å²) in [5, 5.41) is 24.6. The predicted molar refractivity (Wildman–Crippen MR) is 180 cm³/mol. The van der Waals surface area contributed by atoms with E-state index in [1.165, 1.54) is 0 Å². The van der Waals surface area contributed by atoms with Gasteiger partial charge >= 0.3 is 0 Å². The highest BCUT2D eigenvalue weighted by Crippen LogP contribution is 2.71. The van der Waals surface area contributed by atoms with Gasteiger partial charge in [0.1, 0.15) is 12.4 Å². The van der Waals surface area contributed by atoms with E-state index >= 15 is 0 Å². The van der Waals surface area contributed by atoms with E-state index in [-0.39, 0.29) is 35.7 Å². The first-order valence-electron chi connectivity index (χ1n) is 17.0. The Balaban J connectivity index is 1.43. The molecule has 0 unspecified atom stereocenters. The summed E-state index contributed by atoms with van der Waals surface area (Å²) >= 11 is 0. The van der Waals surface area contributed by atoms with Crippen LogP contribution in [0, 0.1) is 29.6 Å². The maximum Gasteiger partial charge on any atom is 0.191 e. The van der Waals surface area contributed by atoms with Crippen LogP contribution in [0.25, 0.3) is 0 Å². The average Bonchev–Trinajstić information content (AvgIpc) is 3.29. The van der Waals surface area contributed by atoms with Crippen molar-refractivity contribution in [2.45, 2.75) is 121 Å². The molecule has 1 aromatic carbocycles. The molecule has 0 aromatic heterocycles. The summed E-state index contributed by atoms with van der Waals surface area (Å²) in [6, 6.07) is 11.2. The van der Waals surface area contributed by atoms with Crippen LogP contribution in [0.4, 0.5) is 0 Å². The maximum atomic E-state index is 12.5. The molecule has 4 saturated carbocycles. The Morgan fingerprint density at radius 2 is 1.60 bits per heavy atom. The smallest absolute Gasteiger partial charge is 0.191 e. The van der Waals surface area contributed by atoms with Crippen molar-refractivity contribution >= 4 is 16.4 Å². The van der Waals surface area contributed by atoms with Crippen molar-refractivity contribution in [2.24, 2.45) is 29.6 Å². The van der Waals surface area contributed by atoms with Crippen molar-refractivity contribution < 1.29 is 38.3 Å². The highest BCUT2D eigenvalue weighted by molar-refractivity contribution is 6.76. The molecule has 4 aliphatic carbocycles. The normalized spacial score (nSPS) is 37.3. The second kappa shape index (κ2) is 12.7. The molecular weight excluding hydrogens is 605 g/mol. The summed E-state index contributed by atoms with van der Waals surface area (Å²) in [5.74, 6) is -1.84. The Bertz CT molecular complexity index is 1150. The highest BCUT2D eigenvalue weighted by Gasteiger charge is 2.83. The van der Waals surface area contributed by atoms with E-state index in [1.54, 1.807) is 0 Å². The summed E-state index contributed by atoms with van der Waals surface area (Å²) in [5.41, 5.74) is -1.13. The van der Waals surface area contributed by atoms with E-state index in [0.717, 1.165) is 11.6 Å². The third-order valence-electron chi connectivity index (χ3n) is 11.6. The van der Waals surface area contributed by atoms with Crippen LogP contribution in [0.3, 0.4) is 0 Å². The van der Waals surface area contributed by atoms with Crippen molar-refractivity contribution in [1.29, 1.82) is 0 Å². The molecule has 4 bridgehead atoms. The summed E-state index contributed by atoms with van der Waals surface area (Å²) in [6.45, 7) is 24.7. The summed E-state index contributed by atoms with van der Waals surface area (Å²) in [4.78, 5) is 0. The minimum atomic E-state index is -2.15. The lowest BCUT2D eigenvalue weighted by Gasteiger charge is -2.60. The minimum Gasteiger partial charge on any atom is -0.416 e. The van der Waals surface area contributed by atoms with Gasteiger partial charge in [0.05, 0.1) is 37.6 Å². The van der Waals surface area contributed by atoms with Crippen molar-refractivity contribution in [3.05, 3.63) is 35.9 Å². The molecule has 10 heteroatoms. The van der Waals surface area contributed by atoms with Gasteiger partial charge < -0.3 is 38.3 Å². The quantitative estimate of drug-likeness (QED) is 0.141. The van der Waals surface area contributed by atoms with Crippen molar-refractivity contribution in [1.82, 2.24) is 0 Å². The van der Waals surface area contributed by atoms with E-state index in [4.69, 9.17) is 28.1 Å². The van der Waals surface area contributed by atoms with Crippen LogP contribution >= 0.6 is 0 Å². The summed E-state index contributed by atoms with van der Waals surface area (Å²) in [7, 11) is -3.34. The lowest BCUT2D eigenvalue weighted by molar-refractivity contribution is -0.255. The summed E-state index contributed by atoms with van der Waals surface area (Å²) in [6.07, 6.45) is -0.864. The first kappa shape index (κ1) is 35.6. The monoisotopic (exact) mass is 664 g/mol. The molecular formula is C35H60O8Si2. The Labute approximate surface area is 273 Å². The molecule has 5 aliphatic rings. The minimum absolute atomic E-state index is 0.0122. The lowest BCUT2D eigenvalue weighted by atomic mass is 9.49. The third kappa shape index (κ3) is 6.80. The number of aliphatic hydroxyl groups is 2. The molecule has 1 aliphatic heterocycles. The average molecular weight is 665 g/mol. The van der Waals surface area contributed by atoms with Gasteiger partial charge in [-0.3, -0.25) is 0 Å². The standard InChI is InChI=1S/C35H60O8Si2/c1-32(2,3)45(9,10)41-22-28-30(36)34(37)18-25-26(20-40-23-38-16-17-44(6,7)8)27(21-39-19-24-14-12-11-13-15-24)29(34)35(28)31(25)42-33(4,5)43-35/h11-15,25-31,36-37H,16-23H2,1-10H3/t25-,26+,27-,28+,29-,30+,31+,34-,35-/m0/s1. The van der Waals surface area contributed by atoms with E-state index in [2.05, 4.69) is 65.6 Å². The summed E-state index contributed by atoms with van der Waals surface area (Å²) < 4.78 is 39.0. The Morgan fingerprint density at radius 1 is 0.933 bits per heavy atom. The van der Waals surface area contributed by atoms with E-state index in [9.17, 15) is 10.2 Å². The predicted octanol–water partition coefficient (Wildman–Crippen LogP) is 6.05. The maximum absolute atomic E-state index is 12.5. The number of hydrogen-bond donors (Lipinski definition) is 2. The second-order valence-corrected chi connectivity index (χ2v) is 27.8. The van der Waals surface area contributed by atoms with Crippen LogP contribution in [0.15, 0.2) is 30.3 Å². The Morgan fingerprint density at radius 3 is 2.24 bits per heavy atom. The molecule has 0 radical (unpaired) electrons. The molecule has 45 heavy (non-hydrogen) atoms. The number of aliphatic hydroxyl groups excluding tert-OH is 1. The van der Waals surface area contributed by atoms with Crippen molar-refractivity contribution in [3.8, 4) is 0 Å². The van der Waals surface area contributed by atoms with Gasteiger partial charge in [-0.1, -0.05) is 70.7 Å². The number of rotatable bonds is 14. The Hall–Kier alpha value is -0.666. The molecule has 9 atom stereocenters. The number of hydrogen-bond acceptors (Lipinski definition) is 8. The van der Waals surface area contributed by atoms with Gasteiger partial charge in [-0.25, -0.2) is 0 Å². The number of ether oxygens (including phenoxy) is 5. The Kier molecular flexibility index (Phi) is 10.0. The molecule has 5 fully saturated rings. The van der Waals surface area contributed by atoms with E-state index in [0.29, 0.717) is 39.5 Å². The van der Waals surface area contributed by atoms with Crippen molar-refractivity contribution in [3.63, 3.8) is 0 Å². The lowest BCUT2D eigenvalue weighted by Crippen LogP contribution is -2.71. The zero-order valence-electron chi connectivity index (χ0n) is 29.4. The highest BCUT2D eigenvalue weighted by atomic mass is 28.4. The topological polar surface area (TPSA) is 95.8 Å². The van der Waals surface area contributed by atoms with Crippen LogP contribution < -0.4 is 0 Å². The van der Waals surface area contributed by atoms with Gasteiger partial charge in [-0.15, -0.1) is 0 Å². The molecule has 1 aromatic rings. The number of benzene rings is 1. The molecule has 6 rings (SSSR count). The van der Waals surface area contributed by atoms with Crippen LogP contribution in [-0.4, -0.2) is 89.0 Å². The van der Waals surface area contributed by atoms with E-state index in [1.807, 2.05) is 32.0 Å². The molecule has 8 nitrogen and oxygen atoms in total. The third-order valence-corrected chi connectivity index (χ3v) is 17.8. The molecule has 1 saturated heterocycles. The van der Waals surface area contributed by atoms with Gasteiger partial charge in [0, 0.05) is 33.1 Å². The molecule has 1 spiro atoms. The fraction of sp³-hybridized carbons (Fsp3) is 0.829. The van der Waals surface area contributed by atoms with Gasteiger partial charge in [0.2, 0.25) is 0 Å². The number of fused-ring (bicyclic) bond motifs is 1. The van der Waals surface area contributed by atoms with Gasteiger partial charge in [-0.05, 0) is 67.8 Å². The first-order valence-corrected chi connectivity index (χ1v) is 23.6. The zero-order valence-corrected chi connectivity index (χ0v) is 31.4. The van der Waals surface area contributed by atoms with Crippen LogP contribution in [0.2, 0.25) is 43.8 Å². The first-order chi connectivity index (χ1) is 20.8. The molecule has 0 amide bonds.